The molecule has 0 aliphatic carbocycles. The van der Waals surface area contributed by atoms with Crippen molar-refractivity contribution in [1.82, 2.24) is 4.90 Å². The first-order chi connectivity index (χ1) is 6.15. The third kappa shape index (κ3) is 2.14. The lowest BCUT2D eigenvalue weighted by molar-refractivity contribution is -0.135. The van der Waals surface area contributed by atoms with Crippen molar-refractivity contribution in [2.45, 2.75) is 12.8 Å². The van der Waals surface area contributed by atoms with E-state index in [0.717, 1.165) is 17.2 Å². The van der Waals surface area contributed by atoms with Gasteiger partial charge in [0.15, 0.2) is 0 Å². The lowest BCUT2D eigenvalue weighted by Gasteiger charge is -2.05. The molecule has 0 spiro atoms. The predicted molar refractivity (Wildman–Crippen MR) is 42.2 cm³/mol. The average molecular weight is 183 g/mol. The minimum Gasteiger partial charge on any atom is -0.466 e. The maximum Gasteiger partial charge on any atom is 0.331 e. The molecule has 1 aliphatic rings. The van der Waals surface area contributed by atoms with Gasteiger partial charge < -0.3 is 4.74 Å². The molecule has 0 aromatic heterocycles. The summed E-state index contributed by atoms with van der Waals surface area (Å²) in [5.41, 5.74) is 0. The minimum absolute atomic E-state index is 0.213. The van der Waals surface area contributed by atoms with Gasteiger partial charge in [-0.25, -0.2) is 4.79 Å². The molecule has 0 radical (unpaired) electrons. The van der Waals surface area contributed by atoms with Crippen LogP contribution in [0.2, 0.25) is 0 Å². The molecule has 0 saturated carbocycles. The number of hydrogen-bond acceptors (Lipinski definition) is 4. The monoisotopic (exact) mass is 183 g/mol. The van der Waals surface area contributed by atoms with E-state index in [4.69, 9.17) is 0 Å². The van der Waals surface area contributed by atoms with Crippen LogP contribution in [0.3, 0.4) is 0 Å². The maximum absolute atomic E-state index is 11.0. The van der Waals surface area contributed by atoms with Gasteiger partial charge in [-0.3, -0.25) is 14.5 Å². The van der Waals surface area contributed by atoms with Crippen molar-refractivity contribution >= 4 is 17.8 Å². The number of esters is 1. The maximum atomic E-state index is 11.0. The van der Waals surface area contributed by atoms with Gasteiger partial charge in [0.05, 0.1) is 7.11 Å². The summed E-state index contributed by atoms with van der Waals surface area (Å²) in [7, 11) is 1.22. The number of imide groups is 1. The fraction of sp³-hybridized carbons (Fsp3) is 0.375. The summed E-state index contributed by atoms with van der Waals surface area (Å²) in [4.78, 5) is 33.5. The molecular formula is C8H9NO4. The van der Waals surface area contributed by atoms with Crippen molar-refractivity contribution in [3.63, 3.8) is 0 Å². The highest BCUT2D eigenvalue weighted by molar-refractivity contribution is 6.03. The van der Waals surface area contributed by atoms with Gasteiger partial charge in [-0.05, 0) is 0 Å². The smallest absolute Gasteiger partial charge is 0.331 e. The van der Waals surface area contributed by atoms with Gasteiger partial charge in [0.2, 0.25) is 11.8 Å². The summed E-state index contributed by atoms with van der Waals surface area (Å²) < 4.78 is 4.31. The topological polar surface area (TPSA) is 63.7 Å². The van der Waals surface area contributed by atoms with Crippen LogP contribution in [0.15, 0.2) is 12.3 Å². The molecule has 0 N–H and O–H groups in total. The zero-order chi connectivity index (χ0) is 9.84. The van der Waals surface area contributed by atoms with Crippen LogP contribution in [0.1, 0.15) is 12.8 Å². The van der Waals surface area contributed by atoms with Crippen LogP contribution in [-0.4, -0.2) is 29.8 Å². The van der Waals surface area contributed by atoms with E-state index >= 15 is 0 Å². The summed E-state index contributed by atoms with van der Waals surface area (Å²) >= 11 is 0. The Kier molecular flexibility index (Phi) is 2.79. The molecule has 5 nitrogen and oxygen atoms in total. The molecule has 1 heterocycles. The Morgan fingerprint density at radius 1 is 1.38 bits per heavy atom. The first-order valence-electron chi connectivity index (χ1n) is 3.76. The van der Waals surface area contributed by atoms with Crippen molar-refractivity contribution in [2.75, 3.05) is 7.11 Å². The van der Waals surface area contributed by atoms with Crippen molar-refractivity contribution < 1.29 is 19.1 Å². The first kappa shape index (κ1) is 9.44. The Morgan fingerprint density at radius 2 is 1.92 bits per heavy atom. The third-order valence-corrected chi connectivity index (χ3v) is 1.65. The molecule has 0 atom stereocenters. The van der Waals surface area contributed by atoms with Gasteiger partial charge in [0.25, 0.3) is 0 Å². The molecule has 1 fully saturated rings. The average Bonchev–Trinajstić information content (AvgIpc) is 2.43. The SMILES string of the molecule is COC(=O)/C=C\N1C(=O)CCC1=O. The van der Waals surface area contributed by atoms with E-state index in [9.17, 15) is 14.4 Å². The molecule has 5 heteroatoms. The molecule has 0 bridgehead atoms. The molecule has 13 heavy (non-hydrogen) atoms. The number of methoxy groups -OCH3 is 1. The summed E-state index contributed by atoms with van der Waals surface area (Å²) in [6, 6.07) is 0. The van der Waals surface area contributed by atoms with Crippen molar-refractivity contribution in [2.24, 2.45) is 0 Å². The van der Waals surface area contributed by atoms with Gasteiger partial charge in [-0.2, -0.15) is 0 Å². The van der Waals surface area contributed by atoms with Gasteiger partial charge in [0, 0.05) is 25.1 Å². The summed E-state index contributed by atoms with van der Waals surface area (Å²) in [6.07, 6.45) is 2.61. The minimum atomic E-state index is -0.590. The van der Waals surface area contributed by atoms with Crippen molar-refractivity contribution in [3.05, 3.63) is 12.3 Å². The largest absolute Gasteiger partial charge is 0.466 e. The van der Waals surface area contributed by atoms with E-state index in [0.29, 0.717) is 0 Å². The standard InChI is InChI=1S/C8H9NO4/c1-13-8(12)4-5-9-6(10)2-3-7(9)11/h4-5H,2-3H2,1H3/b5-4-. The lowest BCUT2D eigenvalue weighted by Crippen LogP contribution is -2.23. The van der Waals surface area contributed by atoms with E-state index in [1.54, 1.807) is 0 Å². The molecule has 70 valence electrons. The fourth-order valence-corrected chi connectivity index (χ4v) is 0.964. The zero-order valence-corrected chi connectivity index (χ0v) is 7.15. The Hall–Kier alpha value is -1.65. The number of amides is 2. The van der Waals surface area contributed by atoms with E-state index in [2.05, 4.69) is 4.74 Å². The Labute approximate surface area is 75.0 Å². The predicted octanol–water partition coefficient (Wildman–Crippen LogP) is -0.178. The molecule has 0 unspecified atom stereocenters. The molecule has 0 aromatic rings. The van der Waals surface area contributed by atoms with Crippen LogP contribution in [0, 0.1) is 0 Å². The van der Waals surface area contributed by atoms with E-state index < -0.39 is 5.97 Å². The summed E-state index contributed by atoms with van der Waals surface area (Å²) in [5.74, 6) is -1.16. The summed E-state index contributed by atoms with van der Waals surface area (Å²) in [6.45, 7) is 0. The number of ether oxygens (including phenoxy) is 1. The van der Waals surface area contributed by atoms with E-state index in [1.165, 1.54) is 7.11 Å². The fourth-order valence-electron chi connectivity index (χ4n) is 0.964. The highest BCUT2D eigenvalue weighted by Crippen LogP contribution is 2.11. The van der Waals surface area contributed by atoms with Crippen LogP contribution < -0.4 is 0 Å². The molecule has 1 rings (SSSR count). The lowest BCUT2D eigenvalue weighted by atomic mass is 10.4. The van der Waals surface area contributed by atoms with Gasteiger partial charge in [0.1, 0.15) is 0 Å². The summed E-state index contributed by atoms with van der Waals surface area (Å²) in [5, 5.41) is 0. The number of carbonyl (C=O) groups is 3. The van der Waals surface area contributed by atoms with E-state index in [-0.39, 0.29) is 24.7 Å². The highest BCUT2D eigenvalue weighted by atomic mass is 16.5. The van der Waals surface area contributed by atoms with Gasteiger partial charge >= 0.3 is 5.97 Å². The second-order valence-electron chi connectivity index (χ2n) is 2.50. The Bertz CT molecular complexity index is 266. The Morgan fingerprint density at radius 3 is 2.38 bits per heavy atom. The van der Waals surface area contributed by atoms with Crippen LogP contribution in [0.4, 0.5) is 0 Å². The van der Waals surface area contributed by atoms with E-state index in [1.807, 2.05) is 0 Å². The number of rotatable bonds is 2. The number of nitrogens with zero attached hydrogens (tertiary/aromatic N) is 1. The number of likely N-dealkylation sites (tertiary alicyclic amines) is 1. The third-order valence-electron chi connectivity index (χ3n) is 1.65. The molecule has 1 saturated heterocycles. The van der Waals surface area contributed by atoms with Crippen LogP contribution in [0.25, 0.3) is 0 Å². The molecule has 1 aliphatic heterocycles. The van der Waals surface area contributed by atoms with Crippen molar-refractivity contribution in [1.29, 1.82) is 0 Å². The molecule has 2 amide bonds. The number of hydrogen-bond donors (Lipinski definition) is 0. The molecule has 0 aromatic carbocycles. The van der Waals surface area contributed by atoms with Crippen molar-refractivity contribution in [3.8, 4) is 0 Å². The normalized spacial score (nSPS) is 17.2. The van der Waals surface area contributed by atoms with Crippen LogP contribution in [-0.2, 0) is 19.1 Å². The van der Waals surface area contributed by atoms with Crippen LogP contribution in [0.5, 0.6) is 0 Å². The zero-order valence-electron chi connectivity index (χ0n) is 7.15. The highest BCUT2D eigenvalue weighted by Gasteiger charge is 2.26. The second-order valence-corrected chi connectivity index (χ2v) is 2.50. The van der Waals surface area contributed by atoms with Gasteiger partial charge in [-0.15, -0.1) is 0 Å². The number of carbonyl (C=O) groups excluding carboxylic acids is 3. The second kappa shape index (κ2) is 3.84. The first-order valence-corrected chi connectivity index (χ1v) is 3.76. The van der Waals surface area contributed by atoms with Gasteiger partial charge in [-0.1, -0.05) is 0 Å². The molecular weight excluding hydrogens is 174 g/mol. The van der Waals surface area contributed by atoms with Crippen LogP contribution >= 0.6 is 0 Å². The Balaban J connectivity index is 2.62. The quantitative estimate of drug-likeness (QED) is 0.338.